The SMILES string of the molecule is CCOCC(C)NS(=O)(=O)c1cc(N)c(C)cc1F. The predicted octanol–water partition coefficient (Wildman–Crippen LogP) is 1.42. The van der Waals surface area contributed by atoms with Crippen molar-refractivity contribution in [2.45, 2.75) is 31.7 Å². The van der Waals surface area contributed by atoms with Crippen LogP contribution >= 0.6 is 0 Å². The Morgan fingerprint density at radius 1 is 1.47 bits per heavy atom. The van der Waals surface area contributed by atoms with Crippen LogP contribution in [0.1, 0.15) is 19.4 Å². The summed E-state index contributed by atoms with van der Waals surface area (Å²) in [4.78, 5) is -0.445. The summed E-state index contributed by atoms with van der Waals surface area (Å²) in [6.07, 6.45) is 0. The van der Waals surface area contributed by atoms with E-state index in [0.717, 1.165) is 12.1 Å². The highest BCUT2D eigenvalue weighted by Gasteiger charge is 2.22. The fourth-order valence-electron chi connectivity index (χ4n) is 1.53. The van der Waals surface area contributed by atoms with Gasteiger partial charge in [-0.1, -0.05) is 0 Å². The Morgan fingerprint density at radius 3 is 2.68 bits per heavy atom. The van der Waals surface area contributed by atoms with Gasteiger partial charge in [0.05, 0.1) is 6.61 Å². The zero-order chi connectivity index (χ0) is 14.6. The minimum absolute atomic E-state index is 0.221. The number of rotatable bonds is 6. The summed E-state index contributed by atoms with van der Waals surface area (Å²) in [5, 5.41) is 0. The van der Waals surface area contributed by atoms with Crippen molar-refractivity contribution in [1.29, 1.82) is 0 Å². The van der Waals surface area contributed by atoms with E-state index < -0.39 is 26.8 Å². The molecule has 7 heteroatoms. The third-order valence-electron chi connectivity index (χ3n) is 2.54. The van der Waals surface area contributed by atoms with Crippen LogP contribution < -0.4 is 10.5 Å². The first-order chi connectivity index (χ1) is 8.77. The number of hydrogen-bond acceptors (Lipinski definition) is 4. The molecule has 1 aromatic rings. The van der Waals surface area contributed by atoms with Crippen LogP contribution in [0.25, 0.3) is 0 Å². The van der Waals surface area contributed by atoms with E-state index in [2.05, 4.69) is 4.72 Å². The zero-order valence-electron chi connectivity index (χ0n) is 11.2. The first kappa shape index (κ1) is 15.9. The quantitative estimate of drug-likeness (QED) is 0.776. The Kier molecular flexibility index (Phi) is 5.28. The number of sulfonamides is 1. The maximum Gasteiger partial charge on any atom is 0.243 e. The van der Waals surface area contributed by atoms with E-state index in [-0.39, 0.29) is 12.3 Å². The Labute approximate surface area is 113 Å². The molecule has 1 rings (SSSR count). The van der Waals surface area contributed by atoms with Crippen LogP contribution in [0.2, 0.25) is 0 Å². The zero-order valence-corrected chi connectivity index (χ0v) is 12.1. The normalized spacial score (nSPS) is 13.5. The molecule has 0 fully saturated rings. The van der Waals surface area contributed by atoms with Crippen LogP contribution in [0, 0.1) is 12.7 Å². The van der Waals surface area contributed by atoms with Crippen molar-refractivity contribution in [3.05, 3.63) is 23.5 Å². The Morgan fingerprint density at radius 2 is 2.11 bits per heavy atom. The average molecular weight is 290 g/mol. The van der Waals surface area contributed by atoms with Gasteiger partial charge in [-0.25, -0.2) is 17.5 Å². The van der Waals surface area contributed by atoms with Crippen molar-refractivity contribution in [3.8, 4) is 0 Å². The molecule has 0 radical (unpaired) electrons. The van der Waals surface area contributed by atoms with Gasteiger partial charge in [0, 0.05) is 18.3 Å². The third kappa shape index (κ3) is 4.15. The lowest BCUT2D eigenvalue weighted by atomic mass is 10.2. The van der Waals surface area contributed by atoms with Crippen LogP contribution in [0.5, 0.6) is 0 Å². The van der Waals surface area contributed by atoms with Gasteiger partial charge in [-0.05, 0) is 38.5 Å². The lowest BCUT2D eigenvalue weighted by molar-refractivity contribution is 0.133. The van der Waals surface area contributed by atoms with Gasteiger partial charge < -0.3 is 10.5 Å². The van der Waals surface area contributed by atoms with Crippen LogP contribution in [-0.4, -0.2) is 27.7 Å². The number of anilines is 1. The topological polar surface area (TPSA) is 81.4 Å². The fourth-order valence-corrected chi connectivity index (χ4v) is 2.85. The summed E-state index contributed by atoms with van der Waals surface area (Å²) in [5.41, 5.74) is 6.35. The summed E-state index contributed by atoms with van der Waals surface area (Å²) in [7, 11) is -3.94. The van der Waals surface area contributed by atoms with E-state index in [0.29, 0.717) is 12.2 Å². The lowest BCUT2D eigenvalue weighted by Crippen LogP contribution is -2.36. The van der Waals surface area contributed by atoms with Gasteiger partial charge >= 0.3 is 0 Å². The molecule has 0 amide bonds. The number of benzene rings is 1. The van der Waals surface area contributed by atoms with Gasteiger partial charge in [-0.3, -0.25) is 0 Å². The van der Waals surface area contributed by atoms with E-state index >= 15 is 0 Å². The Hall–Kier alpha value is -1.18. The summed E-state index contributed by atoms with van der Waals surface area (Å²) in [5.74, 6) is -0.817. The molecule has 1 atom stereocenters. The van der Waals surface area contributed by atoms with Gasteiger partial charge in [-0.15, -0.1) is 0 Å². The molecule has 0 bridgehead atoms. The van der Waals surface area contributed by atoms with Crippen molar-refractivity contribution >= 4 is 15.7 Å². The Bertz CT molecular complexity index is 546. The first-order valence-electron chi connectivity index (χ1n) is 5.93. The second-order valence-electron chi connectivity index (χ2n) is 4.32. The molecular weight excluding hydrogens is 271 g/mol. The standard InChI is InChI=1S/C12H19FN2O3S/c1-4-18-7-9(3)15-19(16,17)12-6-11(14)8(2)5-10(12)13/h5-6,9,15H,4,7,14H2,1-3H3. The highest BCUT2D eigenvalue weighted by molar-refractivity contribution is 7.89. The minimum atomic E-state index is -3.94. The highest BCUT2D eigenvalue weighted by atomic mass is 32.2. The largest absolute Gasteiger partial charge is 0.398 e. The molecule has 0 heterocycles. The van der Waals surface area contributed by atoms with Crippen molar-refractivity contribution in [1.82, 2.24) is 4.72 Å². The molecule has 0 aliphatic heterocycles. The first-order valence-corrected chi connectivity index (χ1v) is 7.42. The van der Waals surface area contributed by atoms with Crippen molar-refractivity contribution in [2.75, 3.05) is 18.9 Å². The number of nitrogens with one attached hydrogen (secondary N) is 1. The number of aryl methyl sites for hydroxylation is 1. The van der Waals surface area contributed by atoms with E-state index in [4.69, 9.17) is 10.5 Å². The van der Waals surface area contributed by atoms with E-state index in [1.165, 1.54) is 0 Å². The summed E-state index contributed by atoms with van der Waals surface area (Å²) in [6.45, 7) is 5.76. The van der Waals surface area contributed by atoms with Gasteiger partial charge in [-0.2, -0.15) is 0 Å². The molecule has 1 aromatic carbocycles. The molecule has 108 valence electrons. The molecule has 0 aliphatic carbocycles. The van der Waals surface area contributed by atoms with Crippen molar-refractivity contribution in [2.24, 2.45) is 0 Å². The predicted molar refractivity (Wildman–Crippen MR) is 71.8 cm³/mol. The Balaban J connectivity index is 2.98. The number of nitrogens with two attached hydrogens (primary N) is 1. The molecule has 0 spiro atoms. The number of halogens is 1. The van der Waals surface area contributed by atoms with Gasteiger partial charge in [0.1, 0.15) is 10.7 Å². The second-order valence-corrected chi connectivity index (χ2v) is 6.00. The fraction of sp³-hybridized carbons (Fsp3) is 0.500. The van der Waals surface area contributed by atoms with Crippen LogP contribution in [0.3, 0.4) is 0 Å². The average Bonchev–Trinajstić information content (AvgIpc) is 2.30. The number of nitrogen functional groups attached to an aromatic ring is 1. The minimum Gasteiger partial charge on any atom is -0.398 e. The molecule has 19 heavy (non-hydrogen) atoms. The van der Waals surface area contributed by atoms with Crippen LogP contribution in [0.4, 0.5) is 10.1 Å². The van der Waals surface area contributed by atoms with Crippen molar-refractivity contribution < 1.29 is 17.5 Å². The maximum absolute atomic E-state index is 13.7. The molecular formula is C12H19FN2O3S. The third-order valence-corrected chi connectivity index (χ3v) is 4.14. The van der Waals surface area contributed by atoms with E-state index in [1.54, 1.807) is 13.8 Å². The van der Waals surface area contributed by atoms with Crippen molar-refractivity contribution in [3.63, 3.8) is 0 Å². The number of ether oxygens (including phenoxy) is 1. The van der Waals surface area contributed by atoms with Gasteiger partial charge in [0.25, 0.3) is 0 Å². The summed E-state index contributed by atoms with van der Waals surface area (Å²) in [6, 6.07) is 1.78. The molecule has 0 aromatic heterocycles. The monoisotopic (exact) mass is 290 g/mol. The lowest BCUT2D eigenvalue weighted by Gasteiger charge is -2.15. The van der Waals surface area contributed by atoms with Gasteiger partial charge in [0.15, 0.2) is 0 Å². The number of hydrogen-bond donors (Lipinski definition) is 2. The van der Waals surface area contributed by atoms with Crippen LogP contribution in [-0.2, 0) is 14.8 Å². The highest BCUT2D eigenvalue weighted by Crippen LogP contribution is 2.21. The van der Waals surface area contributed by atoms with E-state index in [9.17, 15) is 12.8 Å². The van der Waals surface area contributed by atoms with Crippen LogP contribution in [0.15, 0.2) is 17.0 Å². The summed E-state index contributed by atoms with van der Waals surface area (Å²) < 4.78 is 45.2. The van der Waals surface area contributed by atoms with Gasteiger partial charge in [0.2, 0.25) is 10.0 Å². The molecule has 1 unspecified atom stereocenters. The van der Waals surface area contributed by atoms with E-state index in [1.807, 2.05) is 6.92 Å². The molecule has 5 nitrogen and oxygen atoms in total. The molecule has 0 saturated heterocycles. The smallest absolute Gasteiger partial charge is 0.243 e. The maximum atomic E-state index is 13.7. The molecule has 0 saturated carbocycles. The molecule has 0 aliphatic rings. The molecule has 3 N–H and O–H groups in total. The second kappa shape index (κ2) is 6.31. The summed E-state index contributed by atoms with van der Waals surface area (Å²) >= 11 is 0.